The minimum Gasteiger partial charge on any atom is -0.445 e. The average molecular weight is 914 g/mol. The van der Waals surface area contributed by atoms with Crippen LogP contribution in [0.1, 0.15) is 70.7 Å². The minimum atomic E-state index is -1.02. The van der Waals surface area contributed by atoms with E-state index < -0.39 is 35.6 Å². The molecular formula is C45H59N11O10. The lowest BCUT2D eigenvalue weighted by Gasteiger charge is -2.27. The first-order valence-electron chi connectivity index (χ1n) is 21.8. The monoisotopic (exact) mass is 913 g/mol. The zero-order valence-corrected chi connectivity index (χ0v) is 37.5. The first-order valence-corrected chi connectivity index (χ1v) is 21.8. The number of para-hydroxylation sites is 1. The van der Waals surface area contributed by atoms with Crippen LogP contribution in [0.2, 0.25) is 0 Å². The van der Waals surface area contributed by atoms with Gasteiger partial charge in [0.05, 0.1) is 36.3 Å². The van der Waals surface area contributed by atoms with Crippen LogP contribution in [-0.4, -0.2) is 112 Å². The van der Waals surface area contributed by atoms with Crippen molar-refractivity contribution in [2.24, 2.45) is 5.73 Å². The van der Waals surface area contributed by atoms with Crippen molar-refractivity contribution in [1.82, 2.24) is 40.7 Å². The van der Waals surface area contributed by atoms with E-state index in [4.69, 9.17) is 30.7 Å². The maximum absolute atomic E-state index is 13.3. The van der Waals surface area contributed by atoms with Crippen LogP contribution in [0.5, 0.6) is 0 Å². The van der Waals surface area contributed by atoms with Crippen molar-refractivity contribution < 1.29 is 47.8 Å². The Labute approximate surface area is 381 Å². The number of pyridine rings is 1. The van der Waals surface area contributed by atoms with Gasteiger partial charge in [-0.2, -0.15) is 0 Å². The lowest BCUT2D eigenvalue weighted by molar-refractivity contribution is -0.137. The number of alkyl carbamates (subject to hydrolysis) is 1. The van der Waals surface area contributed by atoms with Gasteiger partial charge in [-0.05, 0) is 70.2 Å². The maximum atomic E-state index is 13.3. The Hall–Kier alpha value is -7.13. The Kier molecular flexibility index (Phi) is 18.3. The lowest BCUT2D eigenvalue weighted by atomic mass is 10.1. The number of nitrogens with one attached hydrogen (secondary N) is 5. The van der Waals surface area contributed by atoms with E-state index in [1.54, 1.807) is 24.3 Å². The van der Waals surface area contributed by atoms with Crippen LogP contribution in [-0.2, 0) is 57.9 Å². The summed E-state index contributed by atoms with van der Waals surface area (Å²) in [5, 5.41) is 14.0. The molecule has 2 aromatic heterocycles. The predicted octanol–water partition coefficient (Wildman–Crippen LogP) is 2.90. The summed E-state index contributed by atoms with van der Waals surface area (Å²) < 4.78 is 19.4. The molecule has 0 radical (unpaired) electrons. The number of anilines is 2. The number of carbonyl (C=O) groups excluding carboxylic acids is 7. The molecular weight excluding hydrogens is 855 g/mol. The number of hydrogen-bond acceptors (Lipinski definition) is 13. The van der Waals surface area contributed by atoms with Gasteiger partial charge in [0.25, 0.3) is 11.8 Å². The number of carbonyl (C=O) groups is 7. The molecule has 354 valence electrons. The minimum absolute atomic E-state index is 0.0513. The molecule has 0 fully saturated rings. The summed E-state index contributed by atoms with van der Waals surface area (Å²) >= 11 is 0. The van der Waals surface area contributed by atoms with Crippen molar-refractivity contribution in [1.29, 1.82) is 0 Å². The number of hydrogen-bond donors (Lipinski definition) is 7. The number of imide groups is 1. The molecule has 0 spiro atoms. The SMILES string of the molecule is CCOCc1nc2c(N)nc3ccccc3c2n1CC(C)(C)OCCNC(=O)OCc1ccc(NC(=O)[C@H](CCCNC(N)=O)NC(=O)CNC(=O)CCCCCN2C(=O)C=CC2=O)cc1. The van der Waals surface area contributed by atoms with Gasteiger partial charge < -0.3 is 56.8 Å². The molecule has 1 atom stereocenters. The Morgan fingerprint density at radius 1 is 0.848 bits per heavy atom. The van der Waals surface area contributed by atoms with Crippen molar-refractivity contribution in [3.63, 3.8) is 0 Å². The van der Waals surface area contributed by atoms with Crippen LogP contribution in [0, 0.1) is 0 Å². The molecule has 21 nitrogen and oxygen atoms in total. The average Bonchev–Trinajstić information content (AvgIpc) is 3.81. The van der Waals surface area contributed by atoms with Crippen molar-refractivity contribution in [2.45, 2.75) is 90.7 Å². The van der Waals surface area contributed by atoms with E-state index in [0.717, 1.165) is 21.3 Å². The smallest absolute Gasteiger partial charge is 0.407 e. The van der Waals surface area contributed by atoms with Crippen molar-refractivity contribution in [3.05, 3.63) is 72.1 Å². The molecule has 4 aromatic rings. The van der Waals surface area contributed by atoms with E-state index in [-0.39, 0.29) is 76.6 Å². The van der Waals surface area contributed by atoms with Gasteiger partial charge in [-0.1, -0.05) is 36.8 Å². The predicted molar refractivity (Wildman–Crippen MR) is 244 cm³/mol. The quantitative estimate of drug-likeness (QED) is 0.0353. The zero-order valence-electron chi connectivity index (χ0n) is 37.5. The molecule has 3 heterocycles. The Balaban J connectivity index is 1.03. The van der Waals surface area contributed by atoms with Gasteiger partial charge in [-0.15, -0.1) is 0 Å². The highest BCUT2D eigenvalue weighted by Crippen LogP contribution is 2.31. The number of ether oxygens (including phenoxy) is 3. The standard InChI is InChI=1S/C45H59N11O10/c1-4-64-27-34-54-39-40(31-11-7-8-12-32(31)53-41(39)46)56(34)28-45(2,3)66-24-22-49-44(63)65-26-29-15-17-30(18-16-29)51-42(61)33(13-10-21-48-43(47)62)52-36(58)25-50-35(57)14-6-5-9-23-55-37(59)19-20-38(55)60/h7-8,11-12,15-20,33H,4-6,9-10,13-14,21-28H2,1-3H3,(H2,46,53)(H,49,63)(H,50,57)(H,51,61)(H,52,58)(H3,47,48,62)/t33-/m0/s1. The third kappa shape index (κ3) is 15.0. The van der Waals surface area contributed by atoms with E-state index in [1.165, 1.54) is 12.2 Å². The van der Waals surface area contributed by atoms with Crippen molar-refractivity contribution in [3.8, 4) is 0 Å². The second-order valence-electron chi connectivity index (χ2n) is 16.1. The molecule has 0 aliphatic carbocycles. The number of rotatable bonds is 26. The highest BCUT2D eigenvalue weighted by molar-refractivity contribution is 6.13. The third-order valence-corrected chi connectivity index (χ3v) is 10.4. The molecule has 1 aliphatic rings. The van der Waals surface area contributed by atoms with Gasteiger partial charge in [-0.25, -0.2) is 19.6 Å². The van der Waals surface area contributed by atoms with Crippen LogP contribution in [0.25, 0.3) is 21.9 Å². The summed E-state index contributed by atoms with van der Waals surface area (Å²) in [5.41, 5.74) is 14.0. The van der Waals surface area contributed by atoms with E-state index >= 15 is 0 Å². The van der Waals surface area contributed by atoms with Crippen LogP contribution >= 0.6 is 0 Å². The fourth-order valence-corrected chi connectivity index (χ4v) is 7.08. The fourth-order valence-electron chi connectivity index (χ4n) is 7.08. The summed E-state index contributed by atoms with van der Waals surface area (Å²) in [4.78, 5) is 95.9. The second-order valence-corrected chi connectivity index (χ2v) is 16.1. The summed E-state index contributed by atoms with van der Waals surface area (Å²) in [5.74, 6) is -1.19. The van der Waals surface area contributed by atoms with Gasteiger partial charge in [0.1, 0.15) is 30.6 Å². The topological polar surface area (TPSA) is 293 Å². The van der Waals surface area contributed by atoms with E-state index in [2.05, 4.69) is 36.1 Å². The summed E-state index contributed by atoms with van der Waals surface area (Å²) in [6, 6.07) is 12.6. The molecule has 2 aromatic carbocycles. The summed E-state index contributed by atoms with van der Waals surface area (Å²) in [6.07, 6.45) is 4.00. The van der Waals surface area contributed by atoms with E-state index in [0.29, 0.717) is 67.2 Å². The molecule has 0 unspecified atom stereocenters. The number of primary amides is 1. The molecule has 0 bridgehead atoms. The number of nitrogen functional groups attached to an aromatic ring is 1. The number of amides is 8. The van der Waals surface area contributed by atoms with Gasteiger partial charge in [0.2, 0.25) is 17.7 Å². The van der Waals surface area contributed by atoms with Gasteiger partial charge >= 0.3 is 12.1 Å². The largest absolute Gasteiger partial charge is 0.445 e. The Bertz CT molecular complexity index is 2380. The van der Waals surface area contributed by atoms with E-state index in [9.17, 15) is 33.6 Å². The molecule has 0 saturated carbocycles. The first-order chi connectivity index (χ1) is 31.6. The zero-order chi connectivity index (χ0) is 47.6. The summed E-state index contributed by atoms with van der Waals surface area (Å²) in [6.45, 7) is 7.41. The maximum Gasteiger partial charge on any atom is 0.407 e. The van der Waals surface area contributed by atoms with Crippen molar-refractivity contribution in [2.75, 3.05) is 50.4 Å². The van der Waals surface area contributed by atoms with Crippen molar-refractivity contribution >= 4 is 75.1 Å². The number of fused-ring (bicyclic) bond motifs is 3. The number of nitrogens with two attached hydrogens (primary N) is 2. The van der Waals surface area contributed by atoms with Crippen LogP contribution < -0.4 is 38.1 Å². The van der Waals surface area contributed by atoms with Crippen LogP contribution in [0.4, 0.5) is 21.1 Å². The highest BCUT2D eigenvalue weighted by Gasteiger charge is 2.26. The Morgan fingerprint density at radius 2 is 1.59 bits per heavy atom. The van der Waals surface area contributed by atoms with Gasteiger partial charge in [-0.3, -0.25) is 28.9 Å². The molecule has 0 saturated heterocycles. The molecule has 5 rings (SSSR count). The molecule has 8 amide bonds. The number of benzene rings is 2. The van der Waals surface area contributed by atoms with Crippen LogP contribution in [0.3, 0.4) is 0 Å². The first kappa shape index (κ1) is 49.9. The number of aromatic nitrogens is 3. The normalized spacial score (nSPS) is 12.9. The molecule has 21 heteroatoms. The summed E-state index contributed by atoms with van der Waals surface area (Å²) in [7, 11) is 0. The molecule has 1 aliphatic heterocycles. The van der Waals surface area contributed by atoms with Gasteiger partial charge in [0.15, 0.2) is 5.82 Å². The number of imidazole rings is 1. The number of unbranched alkanes of at least 4 members (excludes halogenated alkanes) is 2. The molecule has 66 heavy (non-hydrogen) atoms. The fraction of sp³-hybridized carbons (Fsp3) is 0.444. The lowest BCUT2D eigenvalue weighted by Crippen LogP contribution is -2.47. The third-order valence-electron chi connectivity index (χ3n) is 10.4. The molecule has 9 N–H and O–H groups in total. The van der Waals surface area contributed by atoms with Crippen LogP contribution in [0.15, 0.2) is 60.7 Å². The Morgan fingerprint density at radius 3 is 2.32 bits per heavy atom. The van der Waals surface area contributed by atoms with E-state index in [1.807, 2.05) is 45.0 Å². The van der Waals surface area contributed by atoms with Gasteiger partial charge in [0, 0.05) is 55.9 Å². The highest BCUT2D eigenvalue weighted by atomic mass is 16.5. The number of nitrogens with zero attached hydrogens (tertiary/aromatic N) is 4. The number of urea groups is 1. The second kappa shape index (κ2) is 24.2.